The van der Waals surface area contributed by atoms with Gasteiger partial charge in [-0.3, -0.25) is 9.11 Å². The third-order valence-electron chi connectivity index (χ3n) is 9.15. The zero-order valence-electron chi connectivity index (χ0n) is 26.7. The van der Waals surface area contributed by atoms with Crippen molar-refractivity contribution in [3.8, 4) is 5.75 Å². The Labute approximate surface area is 271 Å². The number of rotatable bonds is 7. The number of hydrogen-bond donors (Lipinski definition) is 3. The molecule has 1 aliphatic carbocycles. The van der Waals surface area contributed by atoms with Gasteiger partial charge in [0.25, 0.3) is 0 Å². The van der Waals surface area contributed by atoms with Crippen LogP contribution in [0.4, 0.5) is 11.4 Å². The summed E-state index contributed by atoms with van der Waals surface area (Å²) in [6.45, 7) is 8.68. The second kappa shape index (κ2) is 12.4. The second-order valence-corrected chi connectivity index (χ2v) is 14.5. The molecule has 0 saturated carbocycles. The molecule has 0 radical (unpaired) electrons. The first-order chi connectivity index (χ1) is 21.2. The van der Waals surface area contributed by atoms with Crippen LogP contribution in [-0.4, -0.2) is 48.2 Å². The zero-order chi connectivity index (χ0) is 32.7. The number of ether oxygens (including phenoxy) is 1. The van der Waals surface area contributed by atoms with Crippen LogP contribution in [0, 0.1) is 0 Å². The molecule has 2 aliphatic heterocycles. The molecule has 5 rings (SSSR count). The van der Waals surface area contributed by atoms with Crippen molar-refractivity contribution in [3.63, 3.8) is 0 Å². The van der Waals surface area contributed by atoms with Crippen molar-refractivity contribution in [1.29, 1.82) is 0 Å². The van der Waals surface area contributed by atoms with E-state index in [1.54, 1.807) is 13.3 Å². The van der Waals surface area contributed by atoms with Crippen LogP contribution in [0.25, 0.3) is 0 Å². The Kier molecular flexibility index (Phi) is 9.10. The lowest BCUT2D eigenvalue weighted by molar-refractivity contribution is -0.401. The van der Waals surface area contributed by atoms with E-state index in [9.17, 15) is 18.4 Å². The summed E-state index contributed by atoms with van der Waals surface area (Å²) in [4.78, 5) is 1.96. The van der Waals surface area contributed by atoms with Gasteiger partial charge in [0.05, 0.1) is 19.1 Å². The van der Waals surface area contributed by atoms with Gasteiger partial charge >= 0.3 is 0 Å². The number of fused-ring (bicyclic) bond motifs is 2. The van der Waals surface area contributed by atoms with Crippen LogP contribution >= 0.6 is 11.6 Å². The van der Waals surface area contributed by atoms with Crippen LogP contribution in [-0.2, 0) is 27.5 Å². The fourth-order valence-electron chi connectivity index (χ4n) is 6.64. The van der Waals surface area contributed by atoms with Crippen LogP contribution in [0.3, 0.4) is 0 Å². The molecule has 0 fully saturated rings. The Bertz CT molecular complexity index is 1840. The van der Waals surface area contributed by atoms with E-state index < -0.39 is 15.5 Å². The average molecular weight is 650 g/mol. The maximum atomic E-state index is 11.5. The number of aliphatic hydroxyl groups excluding tert-OH is 1. The van der Waals surface area contributed by atoms with Crippen molar-refractivity contribution in [2.45, 2.75) is 64.4 Å². The molecule has 0 amide bonds. The van der Waals surface area contributed by atoms with E-state index in [1.807, 2.05) is 29.2 Å². The van der Waals surface area contributed by atoms with Gasteiger partial charge in [-0.25, -0.2) is 4.21 Å². The lowest BCUT2D eigenvalue weighted by atomic mass is 9.80. The minimum absolute atomic E-state index is 0.0169. The van der Waals surface area contributed by atoms with Crippen LogP contribution in [0.1, 0.15) is 63.6 Å². The van der Waals surface area contributed by atoms with Gasteiger partial charge < -0.3 is 14.7 Å². The zero-order valence-corrected chi connectivity index (χ0v) is 28.2. The predicted molar refractivity (Wildman–Crippen MR) is 185 cm³/mol. The summed E-state index contributed by atoms with van der Waals surface area (Å²) in [5.41, 5.74) is 8.80. The summed E-state index contributed by atoms with van der Waals surface area (Å²) < 4.78 is 37.9. The minimum atomic E-state index is -4.02. The van der Waals surface area contributed by atoms with E-state index in [-0.39, 0.29) is 12.0 Å². The van der Waals surface area contributed by atoms with Gasteiger partial charge in [-0.1, -0.05) is 43.7 Å². The van der Waals surface area contributed by atoms with Crippen molar-refractivity contribution in [2.24, 2.45) is 0 Å². The van der Waals surface area contributed by atoms with Crippen molar-refractivity contribution in [2.75, 3.05) is 19.1 Å². The molecule has 3 N–H and O–H groups in total. The van der Waals surface area contributed by atoms with Gasteiger partial charge in [0.2, 0.25) is 5.69 Å². The first kappa shape index (κ1) is 33.0. The molecule has 9 heteroatoms. The van der Waals surface area contributed by atoms with Crippen LogP contribution in [0.5, 0.6) is 5.75 Å². The van der Waals surface area contributed by atoms with Gasteiger partial charge in [-0.2, -0.15) is 4.58 Å². The largest absolute Gasteiger partial charge is 0.497 e. The number of benzene rings is 2. The van der Waals surface area contributed by atoms with Gasteiger partial charge in [-0.05, 0) is 91.8 Å². The normalized spacial score (nSPS) is 21.1. The first-order valence-electron chi connectivity index (χ1n) is 15.0. The third kappa shape index (κ3) is 6.35. The summed E-state index contributed by atoms with van der Waals surface area (Å²) in [5, 5.41) is 11.3. The van der Waals surface area contributed by atoms with E-state index in [1.165, 1.54) is 11.6 Å². The molecule has 0 spiro atoms. The lowest BCUT2D eigenvalue weighted by Crippen LogP contribution is -2.26. The molecule has 7 nitrogen and oxygen atoms in total. The highest BCUT2D eigenvalue weighted by Crippen LogP contribution is 2.49. The number of nitrogens with zero attached hydrogens (tertiary/aromatic N) is 2. The standard InChI is InChI=1S/C36H41ClN2O5S/c1-35(2)28-21-24(23-40)11-15-30(28)38(5)32(35)17-12-25-9-7-10-26(34(25)37)13-18-33-36(3,4)29-22-27(44-6)14-16-31(29)39(33)19-8-20-45(41,42)43/h8,11-22,40H,7,9-10,23H2,1-6H3,(H-,41,42,43)/p+1/b19-8+. The van der Waals surface area contributed by atoms with E-state index in [0.717, 1.165) is 80.5 Å². The Hall–Kier alpha value is -3.40. The molecule has 0 unspecified atom stereocenters. The molecule has 0 aromatic heterocycles. The molecule has 3 aliphatic rings. The summed E-state index contributed by atoms with van der Waals surface area (Å²) in [6.07, 6.45) is 14.2. The highest BCUT2D eigenvalue weighted by Gasteiger charge is 2.43. The maximum Gasteiger partial charge on any atom is 0.209 e. The summed E-state index contributed by atoms with van der Waals surface area (Å²) in [5.74, 6) is 0.742. The average Bonchev–Trinajstić information content (AvgIpc) is 3.32. The fraction of sp³-hybridized carbons (Fsp3) is 0.333. The van der Waals surface area contributed by atoms with Gasteiger partial charge in [0.15, 0.2) is 15.8 Å². The van der Waals surface area contributed by atoms with Crippen molar-refractivity contribution in [3.05, 3.63) is 112 Å². The van der Waals surface area contributed by atoms with Gasteiger partial charge in [0.1, 0.15) is 12.8 Å². The van der Waals surface area contributed by atoms with Crippen LogP contribution < -0.4 is 9.64 Å². The molecule has 0 bridgehead atoms. The van der Waals surface area contributed by atoms with Crippen LogP contribution in [0.2, 0.25) is 0 Å². The SMILES string of the molecule is COc1ccc2c(c1)C(C)(C)C(=CC=C1CCCC(C=CC3=[N+](C)c4ccc(CO)cc4C3(C)C)=C1Cl)N2/C=C/C=S(=O)(O)O. The molecular weight excluding hydrogens is 608 g/mol. The lowest BCUT2D eigenvalue weighted by Gasteiger charge is -2.25. The predicted octanol–water partition coefficient (Wildman–Crippen LogP) is 7.58. The number of anilines is 1. The molecule has 45 heavy (non-hydrogen) atoms. The van der Waals surface area contributed by atoms with E-state index >= 15 is 0 Å². The van der Waals surface area contributed by atoms with Crippen LogP contribution in [0.15, 0.2) is 94.9 Å². The van der Waals surface area contributed by atoms with E-state index in [0.29, 0.717) is 0 Å². The van der Waals surface area contributed by atoms with Gasteiger partial charge in [0, 0.05) is 51.1 Å². The second-order valence-electron chi connectivity index (χ2n) is 12.7. The smallest absolute Gasteiger partial charge is 0.209 e. The number of halogens is 1. The molecule has 0 atom stereocenters. The summed E-state index contributed by atoms with van der Waals surface area (Å²) >= 11 is 7.07. The Balaban J connectivity index is 1.51. The molecule has 2 aromatic carbocycles. The fourth-order valence-corrected chi connectivity index (χ4v) is 7.23. The van der Waals surface area contributed by atoms with Gasteiger partial charge in [-0.15, -0.1) is 0 Å². The number of methoxy groups -OCH3 is 1. The molecule has 2 heterocycles. The Morgan fingerprint density at radius 2 is 1.78 bits per heavy atom. The monoisotopic (exact) mass is 649 g/mol. The van der Waals surface area contributed by atoms with E-state index in [4.69, 9.17) is 16.3 Å². The van der Waals surface area contributed by atoms with Crippen molar-refractivity contribution >= 4 is 44.1 Å². The quantitative estimate of drug-likeness (QED) is 0.163. The first-order valence-corrected chi connectivity index (χ1v) is 16.9. The highest BCUT2D eigenvalue weighted by atomic mass is 35.5. The molecule has 0 saturated heterocycles. The molecule has 2 aromatic rings. The molecular formula is C36H42ClN2O5S+. The number of hydrogen-bond acceptors (Lipinski definition) is 4. The number of aliphatic hydroxyl groups is 1. The topological polar surface area (TPSA) is 93.2 Å². The highest BCUT2D eigenvalue weighted by molar-refractivity contribution is 7.91. The maximum absolute atomic E-state index is 11.5. The van der Waals surface area contributed by atoms with Crippen molar-refractivity contribution in [1.82, 2.24) is 0 Å². The number of allylic oxidation sites excluding steroid dienone is 9. The summed E-state index contributed by atoms with van der Waals surface area (Å²) in [6, 6.07) is 12.0. The minimum Gasteiger partial charge on any atom is -0.497 e. The molecule has 238 valence electrons. The van der Waals surface area contributed by atoms with Crippen molar-refractivity contribution < 1.29 is 27.7 Å². The van der Waals surface area contributed by atoms with E-state index in [2.05, 4.69) is 75.8 Å². The Morgan fingerprint density at radius 1 is 1.02 bits per heavy atom. The summed E-state index contributed by atoms with van der Waals surface area (Å²) in [7, 11) is -0.306. The third-order valence-corrected chi connectivity index (χ3v) is 10.1. The Morgan fingerprint density at radius 3 is 2.47 bits per heavy atom.